The summed E-state index contributed by atoms with van der Waals surface area (Å²) < 4.78 is 17.6. The van der Waals surface area contributed by atoms with Gasteiger partial charge in [0.1, 0.15) is 0 Å². The topological polar surface area (TPSA) is 27.7 Å². The van der Waals surface area contributed by atoms with Crippen molar-refractivity contribution in [3.8, 4) is 0 Å². The molecule has 1 aliphatic heterocycles. The zero-order valence-corrected chi connectivity index (χ0v) is 11.6. The maximum absolute atomic E-state index is 6.08. The molecule has 1 fully saturated rings. The molecule has 1 saturated heterocycles. The number of hydrogen-bond donors (Lipinski definition) is 0. The van der Waals surface area contributed by atoms with Gasteiger partial charge in [0.25, 0.3) is 0 Å². The zero-order chi connectivity index (χ0) is 12.7. The predicted octanol–water partition coefficient (Wildman–Crippen LogP) is 3.09. The molecule has 96 valence electrons. The molecule has 17 heavy (non-hydrogen) atoms. The molecule has 2 rings (SSSR count). The van der Waals surface area contributed by atoms with E-state index in [2.05, 4.69) is 27.7 Å². The quantitative estimate of drug-likeness (QED) is 0.692. The first-order chi connectivity index (χ1) is 7.87. The van der Waals surface area contributed by atoms with Crippen molar-refractivity contribution >= 4 is 7.12 Å². The molecule has 1 aliphatic carbocycles. The lowest BCUT2D eigenvalue weighted by Crippen LogP contribution is -2.41. The van der Waals surface area contributed by atoms with Crippen molar-refractivity contribution in [2.24, 2.45) is 0 Å². The van der Waals surface area contributed by atoms with Gasteiger partial charge in [-0.1, -0.05) is 0 Å². The van der Waals surface area contributed by atoms with E-state index in [1.807, 2.05) is 0 Å². The summed E-state index contributed by atoms with van der Waals surface area (Å²) in [5.74, 6) is 1.06. The van der Waals surface area contributed by atoms with Crippen LogP contribution in [0.1, 0.15) is 53.4 Å². The van der Waals surface area contributed by atoms with Gasteiger partial charge in [0.05, 0.1) is 24.1 Å². The Morgan fingerprint density at radius 2 is 1.53 bits per heavy atom. The molecule has 3 nitrogen and oxygen atoms in total. The second kappa shape index (κ2) is 4.32. The minimum Gasteiger partial charge on any atom is -0.502 e. The molecule has 0 aromatic carbocycles. The van der Waals surface area contributed by atoms with Gasteiger partial charge in [0.15, 0.2) is 0 Å². The van der Waals surface area contributed by atoms with E-state index in [0.29, 0.717) is 0 Å². The van der Waals surface area contributed by atoms with Crippen LogP contribution in [-0.4, -0.2) is 25.4 Å². The van der Waals surface area contributed by atoms with Crippen LogP contribution < -0.4 is 0 Å². The Morgan fingerprint density at radius 3 is 2.06 bits per heavy atom. The Hall–Kier alpha value is -0.475. The lowest BCUT2D eigenvalue weighted by Gasteiger charge is -2.32. The number of rotatable bonds is 2. The summed E-state index contributed by atoms with van der Waals surface area (Å²) in [4.78, 5) is 0. The largest absolute Gasteiger partial charge is 0.502 e. The fourth-order valence-electron chi connectivity index (χ4n) is 2.37. The Bertz CT molecular complexity index is 318. The molecule has 0 N–H and O–H groups in total. The Balaban J connectivity index is 2.22. The van der Waals surface area contributed by atoms with Gasteiger partial charge in [0, 0.05) is 6.42 Å². The smallest absolute Gasteiger partial charge is 0.494 e. The van der Waals surface area contributed by atoms with E-state index >= 15 is 0 Å². The highest BCUT2D eigenvalue weighted by molar-refractivity contribution is 6.54. The average Bonchev–Trinajstić information content (AvgIpc) is 2.48. The molecule has 0 amide bonds. The van der Waals surface area contributed by atoms with E-state index in [1.165, 1.54) is 18.3 Å². The first-order valence-electron chi connectivity index (χ1n) is 6.49. The summed E-state index contributed by atoms with van der Waals surface area (Å²) in [5.41, 5.74) is 0.680. The predicted molar refractivity (Wildman–Crippen MR) is 68.6 cm³/mol. The van der Waals surface area contributed by atoms with Crippen LogP contribution in [0.4, 0.5) is 0 Å². The van der Waals surface area contributed by atoms with Gasteiger partial charge in [-0.05, 0) is 52.4 Å². The van der Waals surface area contributed by atoms with Crippen LogP contribution in [0.25, 0.3) is 0 Å². The fourth-order valence-corrected chi connectivity index (χ4v) is 2.37. The number of ether oxygens (including phenoxy) is 1. The van der Waals surface area contributed by atoms with Crippen molar-refractivity contribution in [3.05, 3.63) is 11.2 Å². The van der Waals surface area contributed by atoms with Gasteiger partial charge >= 0.3 is 7.12 Å². The molecular weight excluding hydrogens is 215 g/mol. The third-order valence-electron chi connectivity index (χ3n) is 4.24. The van der Waals surface area contributed by atoms with Crippen LogP contribution in [0.5, 0.6) is 0 Å². The second-order valence-corrected chi connectivity index (χ2v) is 5.95. The number of methoxy groups -OCH3 is 1. The van der Waals surface area contributed by atoms with Gasteiger partial charge in [-0.15, -0.1) is 0 Å². The molecular formula is C13H23BO3. The van der Waals surface area contributed by atoms with Crippen LogP contribution in [-0.2, 0) is 14.0 Å². The van der Waals surface area contributed by atoms with E-state index in [9.17, 15) is 0 Å². The molecule has 0 radical (unpaired) electrons. The zero-order valence-electron chi connectivity index (χ0n) is 11.6. The van der Waals surface area contributed by atoms with Crippen LogP contribution in [0, 0.1) is 0 Å². The van der Waals surface area contributed by atoms with Crippen LogP contribution in [0.15, 0.2) is 11.2 Å². The van der Waals surface area contributed by atoms with E-state index < -0.39 is 0 Å². The second-order valence-electron chi connectivity index (χ2n) is 5.95. The monoisotopic (exact) mass is 238 g/mol. The minimum absolute atomic E-state index is 0.227. The van der Waals surface area contributed by atoms with Crippen LogP contribution in [0.3, 0.4) is 0 Å². The molecule has 0 saturated carbocycles. The number of hydrogen-bond acceptors (Lipinski definition) is 3. The van der Waals surface area contributed by atoms with Gasteiger partial charge in [-0.2, -0.15) is 0 Å². The maximum Gasteiger partial charge on any atom is 0.494 e. The molecule has 4 heteroatoms. The summed E-state index contributed by atoms with van der Waals surface area (Å²) in [7, 11) is 1.52. The maximum atomic E-state index is 6.08. The Labute approximate surface area is 105 Å². The SMILES string of the molecule is COC1=C(B2OC(C)(C)C(C)(C)O2)CCCC1. The third-order valence-corrected chi connectivity index (χ3v) is 4.24. The molecule has 0 bridgehead atoms. The highest BCUT2D eigenvalue weighted by atomic mass is 16.7. The molecule has 0 spiro atoms. The molecule has 0 aromatic heterocycles. The fraction of sp³-hybridized carbons (Fsp3) is 0.846. The molecule has 0 atom stereocenters. The van der Waals surface area contributed by atoms with Crippen molar-refractivity contribution in [2.45, 2.75) is 64.6 Å². The summed E-state index contributed by atoms with van der Waals surface area (Å²) in [6, 6.07) is 0. The Kier molecular flexibility index (Phi) is 3.30. The van der Waals surface area contributed by atoms with Crippen LogP contribution >= 0.6 is 0 Å². The van der Waals surface area contributed by atoms with Gasteiger partial charge < -0.3 is 14.0 Å². The van der Waals surface area contributed by atoms with E-state index in [0.717, 1.165) is 18.6 Å². The first kappa shape index (κ1) is 13.0. The van der Waals surface area contributed by atoms with Gasteiger partial charge in [-0.25, -0.2) is 0 Å². The van der Waals surface area contributed by atoms with E-state index in [1.54, 1.807) is 7.11 Å². The molecule has 1 heterocycles. The standard InChI is InChI=1S/C13H23BO3/c1-12(2)13(3,4)17-14(16-12)10-8-6-7-9-11(10)15-5/h6-9H2,1-5H3. The van der Waals surface area contributed by atoms with E-state index in [-0.39, 0.29) is 18.3 Å². The Morgan fingerprint density at radius 1 is 1.00 bits per heavy atom. The lowest BCUT2D eigenvalue weighted by atomic mass is 9.72. The summed E-state index contributed by atoms with van der Waals surface area (Å²) in [6.45, 7) is 8.34. The van der Waals surface area contributed by atoms with Crippen molar-refractivity contribution < 1.29 is 14.0 Å². The van der Waals surface area contributed by atoms with Crippen LogP contribution in [0.2, 0.25) is 0 Å². The van der Waals surface area contributed by atoms with Gasteiger partial charge in [-0.3, -0.25) is 0 Å². The van der Waals surface area contributed by atoms with E-state index in [4.69, 9.17) is 14.0 Å². The highest BCUT2D eigenvalue weighted by Gasteiger charge is 2.53. The lowest BCUT2D eigenvalue weighted by molar-refractivity contribution is 0.00578. The molecule has 0 aromatic rings. The molecule has 0 unspecified atom stereocenters. The third kappa shape index (κ3) is 2.25. The summed E-state index contributed by atoms with van der Waals surface area (Å²) in [5, 5.41) is 0. The highest BCUT2D eigenvalue weighted by Crippen LogP contribution is 2.41. The van der Waals surface area contributed by atoms with Crippen molar-refractivity contribution in [1.82, 2.24) is 0 Å². The first-order valence-corrected chi connectivity index (χ1v) is 6.49. The van der Waals surface area contributed by atoms with Gasteiger partial charge in [0.2, 0.25) is 0 Å². The number of allylic oxidation sites excluding steroid dienone is 2. The van der Waals surface area contributed by atoms with Crippen molar-refractivity contribution in [2.75, 3.05) is 7.11 Å². The van der Waals surface area contributed by atoms with Crippen molar-refractivity contribution in [3.63, 3.8) is 0 Å². The van der Waals surface area contributed by atoms with Crippen molar-refractivity contribution in [1.29, 1.82) is 0 Å². The molecule has 2 aliphatic rings. The summed E-state index contributed by atoms with van der Waals surface area (Å²) in [6.07, 6.45) is 4.44. The summed E-state index contributed by atoms with van der Waals surface area (Å²) >= 11 is 0. The normalized spacial score (nSPS) is 27.5. The minimum atomic E-state index is -0.263. The average molecular weight is 238 g/mol.